The molecular formula is C11H16FN3O4S. The molecule has 112 valence electrons. The van der Waals surface area contributed by atoms with E-state index in [1.807, 2.05) is 13.8 Å². The fraction of sp³-hybridized carbons (Fsp3) is 0.455. The van der Waals surface area contributed by atoms with Gasteiger partial charge in [0, 0.05) is 31.3 Å². The minimum absolute atomic E-state index is 0.0582. The molecule has 0 saturated carbocycles. The van der Waals surface area contributed by atoms with Gasteiger partial charge in [0.25, 0.3) is 5.69 Å². The summed E-state index contributed by atoms with van der Waals surface area (Å²) in [6.07, 6.45) is 0. The Labute approximate surface area is 116 Å². The molecule has 0 fully saturated rings. The molecule has 0 spiro atoms. The fourth-order valence-corrected chi connectivity index (χ4v) is 2.56. The minimum Gasteiger partial charge on any atom is -0.313 e. The zero-order chi connectivity index (χ0) is 15.3. The predicted octanol–water partition coefficient (Wildman–Crippen LogP) is 1.01. The van der Waals surface area contributed by atoms with Crippen molar-refractivity contribution in [2.45, 2.75) is 24.8 Å². The highest BCUT2D eigenvalue weighted by Gasteiger charge is 2.22. The van der Waals surface area contributed by atoms with Crippen molar-refractivity contribution >= 4 is 15.7 Å². The van der Waals surface area contributed by atoms with E-state index >= 15 is 0 Å². The molecule has 0 amide bonds. The molecule has 20 heavy (non-hydrogen) atoms. The number of hydrogen-bond acceptors (Lipinski definition) is 5. The van der Waals surface area contributed by atoms with Crippen molar-refractivity contribution in [3.05, 3.63) is 34.1 Å². The molecule has 0 radical (unpaired) electrons. The SMILES string of the molecule is CC(C)NCCNS(=O)(=O)c1cc([N+](=O)[O-])ccc1F. The van der Waals surface area contributed by atoms with Crippen LogP contribution in [-0.2, 0) is 10.0 Å². The molecule has 0 bridgehead atoms. The van der Waals surface area contributed by atoms with Gasteiger partial charge < -0.3 is 5.32 Å². The van der Waals surface area contributed by atoms with E-state index in [1.165, 1.54) is 0 Å². The Kier molecular flexibility index (Phi) is 5.54. The van der Waals surface area contributed by atoms with Gasteiger partial charge in [-0.25, -0.2) is 17.5 Å². The summed E-state index contributed by atoms with van der Waals surface area (Å²) in [6, 6.07) is 2.57. The molecular weight excluding hydrogens is 289 g/mol. The van der Waals surface area contributed by atoms with Gasteiger partial charge in [-0.3, -0.25) is 10.1 Å². The molecule has 0 heterocycles. The lowest BCUT2D eigenvalue weighted by Crippen LogP contribution is -2.34. The quantitative estimate of drug-likeness (QED) is 0.445. The first-order valence-corrected chi connectivity index (χ1v) is 7.39. The lowest BCUT2D eigenvalue weighted by Gasteiger charge is -2.10. The van der Waals surface area contributed by atoms with Gasteiger partial charge >= 0.3 is 0 Å². The molecule has 1 rings (SSSR count). The normalized spacial score (nSPS) is 11.8. The van der Waals surface area contributed by atoms with Gasteiger partial charge in [-0.1, -0.05) is 13.8 Å². The summed E-state index contributed by atoms with van der Waals surface area (Å²) in [6.45, 7) is 4.22. The maximum absolute atomic E-state index is 13.5. The van der Waals surface area contributed by atoms with Crippen LogP contribution in [0.5, 0.6) is 0 Å². The third kappa shape index (κ3) is 4.51. The zero-order valence-corrected chi connectivity index (χ0v) is 11.9. The van der Waals surface area contributed by atoms with E-state index in [0.717, 1.165) is 12.1 Å². The smallest absolute Gasteiger partial charge is 0.270 e. The van der Waals surface area contributed by atoms with Gasteiger partial charge in [-0.05, 0) is 6.07 Å². The van der Waals surface area contributed by atoms with Gasteiger partial charge in [-0.15, -0.1) is 0 Å². The van der Waals surface area contributed by atoms with Crippen LogP contribution in [0.4, 0.5) is 10.1 Å². The summed E-state index contributed by atoms with van der Waals surface area (Å²) < 4.78 is 39.4. The Hall–Kier alpha value is -1.58. The number of nitro benzene ring substituents is 1. The number of nitrogens with one attached hydrogen (secondary N) is 2. The number of sulfonamides is 1. The second-order valence-electron chi connectivity index (χ2n) is 4.38. The Morgan fingerprint density at radius 3 is 2.55 bits per heavy atom. The number of nitro groups is 1. The summed E-state index contributed by atoms with van der Waals surface area (Å²) >= 11 is 0. The monoisotopic (exact) mass is 305 g/mol. The van der Waals surface area contributed by atoms with Crippen molar-refractivity contribution in [2.24, 2.45) is 0 Å². The van der Waals surface area contributed by atoms with Crippen molar-refractivity contribution in [1.82, 2.24) is 10.0 Å². The fourth-order valence-electron chi connectivity index (χ4n) is 1.44. The van der Waals surface area contributed by atoms with E-state index in [1.54, 1.807) is 0 Å². The van der Waals surface area contributed by atoms with Crippen LogP contribution < -0.4 is 10.0 Å². The first kappa shape index (κ1) is 16.5. The standard InChI is InChI=1S/C11H16FN3O4S/c1-8(2)13-5-6-14-20(18,19)11-7-9(15(16)17)3-4-10(11)12/h3-4,7-8,13-14H,5-6H2,1-2H3. The van der Waals surface area contributed by atoms with Crippen LogP contribution in [0.25, 0.3) is 0 Å². The highest BCUT2D eigenvalue weighted by Crippen LogP contribution is 2.20. The van der Waals surface area contributed by atoms with Crippen LogP contribution in [0.1, 0.15) is 13.8 Å². The molecule has 0 aliphatic carbocycles. The zero-order valence-electron chi connectivity index (χ0n) is 11.1. The molecule has 0 unspecified atom stereocenters. The highest BCUT2D eigenvalue weighted by atomic mass is 32.2. The van der Waals surface area contributed by atoms with Crippen LogP contribution in [0.15, 0.2) is 23.1 Å². The number of nitrogens with zero attached hydrogens (tertiary/aromatic N) is 1. The average Bonchev–Trinajstić information content (AvgIpc) is 2.34. The lowest BCUT2D eigenvalue weighted by molar-refractivity contribution is -0.385. The van der Waals surface area contributed by atoms with Crippen LogP contribution in [0.2, 0.25) is 0 Å². The second kappa shape index (κ2) is 6.73. The average molecular weight is 305 g/mol. The molecule has 0 atom stereocenters. The van der Waals surface area contributed by atoms with Crippen molar-refractivity contribution in [1.29, 1.82) is 0 Å². The van der Waals surface area contributed by atoms with Gasteiger partial charge in [0.2, 0.25) is 10.0 Å². The second-order valence-corrected chi connectivity index (χ2v) is 6.11. The predicted molar refractivity (Wildman–Crippen MR) is 71.4 cm³/mol. The maximum atomic E-state index is 13.5. The molecule has 0 aliphatic rings. The number of hydrogen-bond donors (Lipinski definition) is 2. The van der Waals surface area contributed by atoms with Crippen LogP contribution in [-0.4, -0.2) is 32.5 Å². The first-order valence-electron chi connectivity index (χ1n) is 5.91. The Morgan fingerprint density at radius 1 is 1.35 bits per heavy atom. The third-order valence-corrected chi connectivity index (χ3v) is 3.86. The molecule has 1 aromatic rings. The Balaban J connectivity index is 2.86. The van der Waals surface area contributed by atoms with E-state index < -0.39 is 31.3 Å². The van der Waals surface area contributed by atoms with Crippen molar-refractivity contribution < 1.29 is 17.7 Å². The largest absolute Gasteiger partial charge is 0.313 e. The van der Waals surface area contributed by atoms with E-state index in [2.05, 4.69) is 10.0 Å². The summed E-state index contributed by atoms with van der Waals surface area (Å²) in [5.41, 5.74) is -0.480. The summed E-state index contributed by atoms with van der Waals surface area (Å²) in [5.74, 6) is -1.03. The van der Waals surface area contributed by atoms with Gasteiger partial charge in [0.05, 0.1) is 4.92 Å². The molecule has 1 aromatic carbocycles. The highest BCUT2D eigenvalue weighted by molar-refractivity contribution is 7.89. The van der Waals surface area contributed by atoms with Gasteiger partial charge in [0.15, 0.2) is 0 Å². The number of benzene rings is 1. The Morgan fingerprint density at radius 2 is 2.00 bits per heavy atom. The molecule has 7 nitrogen and oxygen atoms in total. The van der Waals surface area contributed by atoms with Crippen molar-refractivity contribution in [3.63, 3.8) is 0 Å². The van der Waals surface area contributed by atoms with E-state index in [-0.39, 0.29) is 12.6 Å². The number of non-ortho nitro benzene ring substituents is 1. The minimum atomic E-state index is -4.11. The van der Waals surface area contributed by atoms with E-state index in [4.69, 9.17) is 0 Å². The Bertz CT molecular complexity index is 589. The number of rotatable bonds is 7. The summed E-state index contributed by atoms with van der Waals surface area (Å²) in [7, 11) is -4.11. The van der Waals surface area contributed by atoms with Crippen LogP contribution >= 0.6 is 0 Å². The molecule has 2 N–H and O–H groups in total. The van der Waals surface area contributed by atoms with Crippen molar-refractivity contribution in [3.8, 4) is 0 Å². The molecule has 0 aromatic heterocycles. The summed E-state index contributed by atoms with van der Waals surface area (Å²) in [4.78, 5) is 9.08. The van der Waals surface area contributed by atoms with Crippen molar-refractivity contribution in [2.75, 3.05) is 13.1 Å². The van der Waals surface area contributed by atoms with Gasteiger partial charge in [0.1, 0.15) is 10.7 Å². The van der Waals surface area contributed by atoms with Gasteiger partial charge in [-0.2, -0.15) is 0 Å². The lowest BCUT2D eigenvalue weighted by atomic mass is 10.3. The van der Waals surface area contributed by atoms with E-state index in [0.29, 0.717) is 12.6 Å². The molecule has 0 aliphatic heterocycles. The van der Waals surface area contributed by atoms with Crippen LogP contribution in [0.3, 0.4) is 0 Å². The van der Waals surface area contributed by atoms with E-state index in [9.17, 15) is 22.9 Å². The maximum Gasteiger partial charge on any atom is 0.270 e. The third-order valence-electron chi connectivity index (χ3n) is 2.38. The molecule has 9 heteroatoms. The van der Waals surface area contributed by atoms with Crippen LogP contribution in [0, 0.1) is 15.9 Å². The number of halogens is 1. The summed E-state index contributed by atoms with van der Waals surface area (Å²) in [5, 5.41) is 13.6. The molecule has 0 saturated heterocycles. The first-order chi connectivity index (χ1) is 9.24. The topological polar surface area (TPSA) is 101 Å².